The van der Waals surface area contributed by atoms with Gasteiger partial charge in [0.05, 0.1) is 17.9 Å². The Morgan fingerprint density at radius 1 is 1.43 bits per heavy atom. The maximum Gasteiger partial charge on any atom is 0.361 e. The maximum absolute atomic E-state index is 11.8. The summed E-state index contributed by atoms with van der Waals surface area (Å²) in [5.74, 6) is -0.545. The fraction of sp³-hybridized carbons (Fsp3) is 0.286. The van der Waals surface area contributed by atoms with E-state index in [1.54, 1.807) is 25.1 Å². The first kappa shape index (κ1) is 14.5. The smallest absolute Gasteiger partial charge is 0.361 e. The molecule has 7 nitrogen and oxygen atoms in total. The van der Waals surface area contributed by atoms with Crippen LogP contribution in [0.15, 0.2) is 18.2 Å². The molecule has 0 aliphatic carbocycles. The van der Waals surface area contributed by atoms with E-state index in [0.717, 1.165) is 5.69 Å². The Balaban J connectivity index is 2.47. The van der Waals surface area contributed by atoms with Crippen LogP contribution in [0.5, 0.6) is 0 Å². The van der Waals surface area contributed by atoms with Crippen LogP contribution in [0, 0.1) is 11.3 Å². The number of nitriles is 1. The number of rotatable bonds is 4. The summed E-state index contributed by atoms with van der Waals surface area (Å²) < 4.78 is 4.93. The summed E-state index contributed by atoms with van der Waals surface area (Å²) in [6.45, 7) is 1.98. The maximum atomic E-state index is 11.8. The average Bonchev–Trinajstić information content (AvgIpc) is 2.96. The van der Waals surface area contributed by atoms with Gasteiger partial charge in [-0.2, -0.15) is 15.6 Å². The van der Waals surface area contributed by atoms with Crippen LogP contribution in [0.25, 0.3) is 11.3 Å². The van der Waals surface area contributed by atoms with Crippen LogP contribution in [0.4, 0.5) is 5.69 Å². The van der Waals surface area contributed by atoms with E-state index < -0.39 is 5.97 Å². The third-order valence-corrected chi connectivity index (χ3v) is 2.89. The lowest BCUT2D eigenvalue weighted by Gasteiger charge is -2.14. The molecule has 0 amide bonds. The molecule has 108 valence electrons. The van der Waals surface area contributed by atoms with Crippen LogP contribution in [0.3, 0.4) is 0 Å². The minimum atomic E-state index is -0.545. The molecule has 2 aromatic rings. The Hall–Kier alpha value is -2.88. The predicted molar refractivity (Wildman–Crippen MR) is 76.8 cm³/mol. The number of esters is 1. The van der Waals surface area contributed by atoms with Crippen molar-refractivity contribution >= 4 is 11.7 Å². The van der Waals surface area contributed by atoms with Crippen molar-refractivity contribution in [3.05, 3.63) is 29.5 Å². The summed E-state index contributed by atoms with van der Waals surface area (Å²) in [6.07, 6.45) is 0. The van der Waals surface area contributed by atoms with Crippen molar-refractivity contribution in [3.63, 3.8) is 0 Å². The number of benzene rings is 1. The second-order valence-electron chi connectivity index (χ2n) is 4.48. The molecule has 2 rings (SSSR count). The zero-order valence-corrected chi connectivity index (χ0v) is 12.0. The van der Waals surface area contributed by atoms with Gasteiger partial charge in [-0.15, -0.1) is 5.10 Å². The Bertz CT molecular complexity index is 700. The van der Waals surface area contributed by atoms with Gasteiger partial charge in [0.1, 0.15) is 11.8 Å². The molecule has 0 aliphatic heterocycles. The van der Waals surface area contributed by atoms with E-state index in [1.165, 1.54) is 0 Å². The zero-order valence-electron chi connectivity index (χ0n) is 12.0. The Labute approximate surface area is 122 Å². The second-order valence-corrected chi connectivity index (χ2v) is 4.48. The first-order valence-corrected chi connectivity index (χ1v) is 6.38. The zero-order chi connectivity index (χ0) is 15.4. The minimum absolute atomic E-state index is 0.110. The second kappa shape index (κ2) is 6.05. The molecule has 1 heterocycles. The van der Waals surface area contributed by atoms with Crippen LogP contribution < -0.4 is 4.90 Å². The van der Waals surface area contributed by atoms with Crippen molar-refractivity contribution in [2.45, 2.75) is 6.92 Å². The standard InChI is InChI=1S/C14H15N5O2/c1-4-21-14(20)13-12(16-18-17-13)9-5-6-11(19(2)3)10(7-9)8-15/h5-7H,4H2,1-3H3,(H,16,17,18). The number of hydrogen-bond acceptors (Lipinski definition) is 6. The van der Waals surface area contributed by atoms with Crippen LogP contribution in [0.2, 0.25) is 0 Å². The van der Waals surface area contributed by atoms with Gasteiger partial charge in [-0.1, -0.05) is 6.07 Å². The highest BCUT2D eigenvalue weighted by Gasteiger charge is 2.20. The highest BCUT2D eigenvalue weighted by molar-refractivity contribution is 5.94. The molecule has 21 heavy (non-hydrogen) atoms. The van der Waals surface area contributed by atoms with Crippen molar-refractivity contribution in [1.29, 1.82) is 5.26 Å². The summed E-state index contributed by atoms with van der Waals surface area (Å²) in [7, 11) is 3.71. The van der Waals surface area contributed by atoms with Gasteiger partial charge in [-0.05, 0) is 19.1 Å². The fourth-order valence-electron chi connectivity index (χ4n) is 1.94. The Morgan fingerprint density at radius 3 is 2.81 bits per heavy atom. The van der Waals surface area contributed by atoms with Gasteiger partial charge in [0, 0.05) is 19.7 Å². The van der Waals surface area contributed by atoms with E-state index in [1.807, 2.05) is 19.0 Å². The molecule has 0 atom stereocenters. The normalized spacial score (nSPS) is 10.0. The van der Waals surface area contributed by atoms with E-state index in [4.69, 9.17) is 4.74 Å². The first-order valence-electron chi connectivity index (χ1n) is 6.38. The number of ether oxygens (including phenoxy) is 1. The van der Waals surface area contributed by atoms with E-state index in [0.29, 0.717) is 16.8 Å². The molecule has 1 aromatic carbocycles. The van der Waals surface area contributed by atoms with E-state index in [2.05, 4.69) is 21.5 Å². The Kier molecular flexibility index (Phi) is 4.18. The molecule has 0 saturated heterocycles. The number of carbonyl (C=O) groups excluding carboxylic acids is 1. The van der Waals surface area contributed by atoms with Crippen molar-refractivity contribution in [1.82, 2.24) is 15.4 Å². The molecule has 0 fully saturated rings. The SMILES string of the molecule is CCOC(=O)c1n[nH]nc1-c1ccc(N(C)C)c(C#N)c1. The van der Waals surface area contributed by atoms with Gasteiger partial charge in [0.25, 0.3) is 0 Å². The van der Waals surface area contributed by atoms with Crippen LogP contribution in [-0.4, -0.2) is 42.1 Å². The highest BCUT2D eigenvalue weighted by atomic mass is 16.5. The number of nitrogens with zero attached hydrogens (tertiary/aromatic N) is 4. The third-order valence-electron chi connectivity index (χ3n) is 2.89. The lowest BCUT2D eigenvalue weighted by atomic mass is 10.0. The van der Waals surface area contributed by atoms with E-state index >= 15 is 0 Å². The molecule has 1 aromatic heterocycles. The number of H-pyrrole nitrogens is 1. The topological polar surface area (TPSA) is 94.9 Å². The van der Waals surface area contributed by atoms with E-state index in [-0.39, 0.29) is 12.3 Å². The van der Waals surface area contributed by atoms with Gasteiger partial charge in [-0.3, -0.25) is 0 Å². The molecule has 1 N–H and O–H groups in total. The van der Waals surface area contributed by atoms with Gasteiger partial charge < -0.3 is 9.64 Å². The summed E-state index contributed by atoms with van der Waals surface area (Å²) in [6, 6.07) is 7.40. The number of nitrogens with one attached hydrogen (secondary N) is 1. The number of carbonyl (C=O) groups is 1. The van der Waals surface area contributed by atoms with Crippen LogP contribution >= 0.6 is 0 Å². The van der Waals surface area contributed by atoms with Crippen LogP contribution in [-0.2, 0) is 4.74 Å². The summed E-state index contributed by atoms with van der Waals surface area (Å²) in [5.41, 5.74) is 2.40. The molecule has 0 aliphatic rings. The lowest BCUT2D eigenvalue weighted by Crippen LogP contribution is -2.10. The predicted octanol–water partition coefficient (Wildman–Crippen LogP) is 1.59. The van der Waals surface area contributed by atoms with Gasteiger partial charge in [0.2, 0.25) is 0 Å². The lowest BCUT2D eigenvalue weighted by molar-refractivity contribution is 0.0520. The molecular weight excluding hydrogens is 270 g/mol. The molecule has 0 saturated carbocycles. The van der Waals surface area contributed by atoms with Crippen molar-refractivity contribution in [3.8, 4) is 17.3 Å². The molecule has 0 unspecified atom stereocenters. The largest absolute Gasteiger partial charge is 0.461 e. The van der Waals surface area contributed by atoms with Crippen molar-refractivity contribution in [2.75, 3.05) is 25.6 Å². The van der Waals surface area contributed by atoms with Gasteiger partial charge in [0.15, 0.2) is 5.69 Å². The average molecular weight is 285 g/mol. The first-order chi connectivity index (χ1) is 10.1. The van der Waals surface area contributed by atoms with Crippen molar-refractivity contribution in [2.24, 2.45) is 0 Å². The van der Waals surface area contributed by atoms with Gasteiger partial charge in [-0.25, -0.2) is 4.79 Å². The number of hydrogen-bond donors (Lipinski definition) is 1. The number of aromatic nitrogens is 3. The van der Waals surface area contributed by atoms with Gasteiger partial charge >= 0.3 is 5.97 Å². The van der Waals surface area contributed by atoms with E-state index in [9.17, 15) is 10.1 Å². The summed E-state index contributed by atoms with van der Waals surface area (Å²) >= 11 is 0. The Morgan fingerprint density at radius 2 is 2.19 bits per heavy atom. The summed E-state index contributed by atoms with van der Waals surface area (Å²) in [5, 5.41) is 19.5. The highest BCUT2D eigenvalue weighted by Crippen LogP contribution is 2.26. The fourth-order valence-corrected chi connectivity index (χ4v) is 1.94. The molecule has 0 spiro atoms. The quantitative estimate of drug-likeness (QED) is 0.857. The number of aromatic amines is 1. The van der Waals surface area contributed by atoms with Crippen LogP contribution in [0.1, 0.15) is 23.0 Å². The van der Waals surface area contributed by atoms with Crippen molar-refractivity contribution < 1.29 is 9.53 Å². The molecule has 7 heteroatoms. The molecular formula is C14H15N5O2. The molecule has 0 radical (unpaired) electrons. The minimum Gasteiger partial charge on any atom is -0.461 e. The summed E-state index contributed by atoms with van der Waals surface area (Å²) in [4.78, 5) is 13.7. The molecule has 0 bridgehead atoms. The monoisotopic (exact) mass is 285 g/mol. The third kappa shape index (κ3) is 2.84. The number of anilines is 1.